The molecule has 0 fully saturated rings. The summed E-state index contributed by atoms with van der Waals surface area (Å²) in [6, 6.07) is 1.77. The molecule has 0 N–H and O–H groups in total. The second-order valence-corrected chi connectivity index (χ2v) is 3.17. The highest BCUT2D eigenvalue weighted by Gasteiger charge is 2.03. The van der Waals surface area contributed by atoms with Crippen molar-refractivity contribution >= 4 is 15.9 Å². The van der Waals surface area contributed by atoms with Gasteiger partial charge in [0.05, 0.1) is 17.7 Å². The Labute approximate surface area is 86.2 Å². The Morgan fingerprint density at radius 3 is 2.62 bits per heavy atom. The zero-order valence-electron chi connectivity index (χ0n) is 7.71. The van der Waals surface area contributed by atoms with Crippen molar-refractivity contribution in [2.75, 3.05) is 13.2 Å². The number of pyridine rings is 1. The van der Waals surface area contributed by atoms with Crippen LogP contribution in [0.25, 0.3) is 0 Å². The molecule has 0 spiro atoms. The molecule has 1 aromatic heterocycles. The number of hydrogen-bond donors (Lipinski definition) is 0. The lowest BCUT2D eigenvalue weighted by atomic mass is 10.4. The molecule has 0 unspecified atom stereocenters. The molecular weight excluding hydrogens is 234 g/mol. The van der Waals surface area contributed by atoms with Crippen LogP contribution in [0.2, 0.25) is 0 Å². The summed E-state index contributed by atoms with van der Waals surface area (Å²) in [5.41, 5.74) is 0. The third-order valence-corrected chi connectivity index (χ3v) is 1.98. The number of hydrogen-bond acceptors (Lipinski definition) is 3. The molecular formula is C9H12BrNO2. The molecule has 1 rings (SSSR count). The highest BCUT2D eigenvalue weighted by atomic mass is 79.9. The van der Waals surface area contributed by atoms with Crippen LogP contribution in [-0.2, 0) is 0 Å². The van der Waals surface area contributed by atoms with Crippen LogP contribution in [0.15, 0.2) is 16.7 Å². The lowest BCUT2D eigenvalue weighted by Crippen LogP contribution is -1.97. The Hall–Kier alpha value is -0.770. The molecule has 0 aromatic carbocycles. The Morgan fingerprint density at radius 2 is 2.00 bits per heavy atom. The van der Waals surface area contributed by atoms with Crippen LogP contribution in [-0.4, -0.2) is 18.2 Å². The van der Waals surface area contributed by atoms with E-state index in [2.05, 4.69) is 20.9 Å². The minimum absolute atomic E-state index is 0.592. The fourth-order valence-electron chi connectivity index (χ4n) is 0.895. The summed E-state index contributed by atoms with van der Waals surface area (Å²) in [5, 5.41) is 0. The van der Waals surface area contributed by atoms with Crippen molar-refractivity contribution < 1.29 is 9.47 Å². The lowest BCUT2D eigenvalue weighted by Gasteiger charge is -2.07. The minimum Gasteiger partial charge on any atom is -0.492 e. The van der Waals surface area contributed by atoms with Gasteiger partial charge in [-0.15, -0.1) is 0 Å². The fraction of sp³-hybridized carbons (Fsp3) is 0.444. The Kier molecular flexibility index (Phi) is 4.02. The van der Waals surface area contributed by atoms with Gasteiger partial charge >= 0.3 is 0 Å². The quantitative estimate of drug-likeness (QED) is 0.818. The van der Waals surface area contributed by atoms with Crippen molar-refractivity contribution in [2.24, 2.45) is 0 Å². The Balaban J connectivity index is 2.83. The number of ether oxygens (including phenoxy) is 2. The van der Waals surface area contributed by atoms with E-state index in [0.29, 0.717) is 19.1 Å². The number of rotatable bonds is 4. The van der Waals surface area contributed by atoms with Crippen LogP contribution < -0.4 is 9.47 Å². The van der Waals surface area contributed by atoms with E-state index in [1.807, 2.05) is 13.8 Å². The third-order valence-electron chi connectivity index (χ3n) is 1.39. The van der Waals surface area contributed by atoms with E-state index in [9.17, 15) is 0 Å². The first-order chi connectivity index (χ1) is 6.27. The zero-order chi connectivity index (χ0) is 9.68. The van der Waals surface area contributed by atoms with Gasteiger partial charge in [0, 0.05) is 12.3 Å². The van der Waals surface area contributed by atoms with E-state index in [4.69, 9.17) is 9.47 Å². The first-order valence-corrected chi connectivity index (χ1v) is 4.98. The Morgan fingerprint density at radius 1 is 1.31 bits per heavy atom. The molecule has 13 heavy (non-hydrogen) atoms. The van der Waals surface area contributed by atoms with Gasteiger partial charge in [0.1, 0.15) is 5.75 Å². The monoisotopic (exact) mass is 245 g/mol. The maximum absolute atomic E-state index is 5.36. The largest absolute Gasteiger partial charge is 0.492 e. The van der Waals surface area contributed by atoms with Gasteiger partial charge in [0.25, 0.3) is 0 Å². The van der Waals surface area contributed by atoms with Crippen LogP contribution in [0.1, 0.15) is 13.8 Å². The van der Waals surface area contributed by atoms with Crippen molar-refractivity contribution in [2.45, 2.75) is 13.8 Å². The highest BCUT2D eigenvalue weighted by molar-refractivity contribution is 9.10. The number of halogens is 1. The standard InChI is InChI=1S/C9H12BrNO2/c1-3-12-8-5-9(13-4-2)11-6-7(8)10/h5-6H,3-4H2,1-2H3. The molecule has 1 heterocycles. The average Bonchev–Trinajstić information content (AvgIpc) is 2.12. The van der Waals surface area contributed by atoms with E-state index in [0.717, 1.165) is 10.2 Å². The first kappa shape index (κ1) is 10.3. The lowest BCUT2D eigenvalue weighted by molar-refractivity contribution is 0.312. The van der Waals surface area contributed by atoms with Gasteiger partial charge in [-0.3, -0.25) is 0 Å². The topological polar surface area (TPSA) is 31.4 Å². The predicted molar refractivity (Wildman–Crippen MR) is 54.3 cm³/mol. The van der Waals surface area contributed by atoms with Crippen molar-refractivity contribution in [3.8, 4) is 11.6 Å². The third kappa shape index (κ3) is 2.88. The summed E-state index contributed by atoms with van der Waals surface area (Å²) in [6.07, 6.45) is 1.68. The van der Waals surface area contributed by atoms with Gasteiger partial charge in [0.15, 0.2) is 0 Å². The number of aromatic nitrogens is 1. The summed E-state index contributed by atoms with van der Waals surface area (Å²) in [5.74, 6) is 1.36. The molecule has 72 valence electrons. The number of nitrogens with zero attached hydrogens (tertiary/aromatic N) is 1. The molecule has 0 aliphatic heterocycles. The van der Waals surface area contributed by atoms with Crippen molar-refractivity contribution in [3.05, 3.63) is 16.7 Å². The van der Waals surface area contributed by atoms with Gasteiger partial charge in [-0.05, 0) is 29.8 Å². The molecule has 3 nitrogen and oxygen atoms in total. The average molecular weight is 246 g/mol. The van der Waals surface area contributed by atoms with Crippen LogP contribution in [0, 0.1) is 0 Å². The molecule has 0 saturated carbocycles. The highest BCUT2D eigenvalue weighted by Crippen LogP contribution is 2.27. The van der Waals surface area contributed by atoms with E-state index < -0.39 is 0 Å². The van der Waals surface area contributed by atoms with E-state index in [-0.39, 0.29) is 0 Å². The molecule has 0 aliphatic carbocycles. The van der Waals surface area contributed by atoms with Gasteiger partial charge < -0.3 is 9.47 Å². The molecule has 0 radical (unpaired) electrons. The second kappa shape index (κ2) is 5.07. The summed E-state index contributed by atoms with van der Waals surface area (Å²) < 4.78 is 11.4. The summed E-state index contributed by atoms with van der Waals surface area (Å²) in [4.78, 5) is 4.06. The summed E-state index contributed by atoms with van der Waals surface area (Å²) in [6.45, 7) is 5.10. The fourth-order valence-corrected chi connectivity index (χ4v) is 1.23. The van der Waals surface area contributed by atoms with Gasteiger partial charge in [0.2, 0.25) is 5.88 Å². The molecule has 0 aliphatic rings. The molecule has 0 bridgehead atoms. The second-order valence-electron chi connectivity index (χ2n) is 2.32. The van der Waals surface area contributed by atoms with E-state index >= 15 is 0 Å². The Bertz CT molecular complexity index is 278. The van der Waals surface area contributed by atoms with Crippen LogP contribution in [0.3, 0.4) is 0 Å². The van der Waals surface area contributed by atoms with Gasteiger partial charge in [-0.1, -0.05) is 0 Å². The maximum Gasteiger partial charge on any atom is 0.217 e. The molecule has 1 aromatic rings. The molecule has 4 heteroatoms. The predicted octanol–water partition coefficient (Wildman–Crippen LogP) is 2.64. The van der Waals surface area contributed by atoms with E-state index in [1.165, 1.54) is 0 Å². The molecule has 0 atom stereocenters. The minimum atomic E-state index is 0.592. The van der Waals surface area contributed by atoms with Crippen molar-refractivity contribution in [3.63, 3.8) is 0 Å². The van der Waals surface area contributed by atoms with Crippen LogP contribution in [0.5, 0.6) is 11.6 Å². The van der Waals surface area contributed by atoms with Crippen LogP contribution in [0.4, 0.5) is 0 Å². The SMILES string of the molecule is CCOc1cc(OCC)c(Br)cn1. The smallest absolute Gasteiger partial charge is 0.217 e. The van der Waals surface area contributed by atoms with Gasteiger partial charge in [-0.25, -0.2) is 4.98 Å². The molecule has 0 saturated heterocycles. The van der Waals surface area contributed by atoms with E-state index in [1.54, 1.807) is 12.3 Å². The normalized spacial score (nSPS) is 9.77. The summed E-state index contributed by atoms with van der Waals surface area (Å²) in [7, 11) is 0. The maximum atomic E-state index is 5.36. The zero-order valence-corrected chi connectivity index (χ0v) is 9.30. The van der Waals surface area contributed by atoms with Crippen molar-refractivity contribution in [1.82, 2.24) is 4.98 Å². The summed E-state index contributed by atoms with van der Waals surface area (Å²) >= 11 is 3.34. The van der Waals surface area contributed by atoms with Crippen LogP contribution >= 0.6 is 15.9 Å². The van der Waals surface area contributed by atoms with Crippen molar-refractivity contribution in [1.29, 1.82) is 0 Å². The van der Waals surface area contributed by atoms with Gasteiger partial charge in [-0.2, -0.15) is 0 Å². The molecule has 0 amide bonds. The first-order valence-electron chi connectivity index (χ1n) is 4.19.